The summed E-state index contributed by atoms with van der Waals surface area (Å²) < 4.78 is 0. The van der Waals surface area contributed by atoms with Crippen LogP contribution < -0.4 is 5.32 Å². The van der Waals surface area contributed by atoms with Crippen LogP contribution in [0.5, 0.6) is 0 Å². The van der Waals surface area contributed by atoms with Crippen molar-refractivity contribution >= 4 is 23.4 Å². The number of nitrogens with one attached hydrogen (secondary N) is 1. The first kappa shape index (κ1) is 12.9. The van der Waals surface area contributed by atoms with Crippen LogP contribution in [-0.2, 0) is 4.79 Å². The second-order valence-electron chi connectivity index (χ2n) is 4.49. The molecule has 1 aliphatic rings. The maximum atomic E-state index is 12.0. The van der Waals surface area contributed by atoms with Crippen molar-refractivity contribution < 1.29 is 9.59 Å². The summed E-state index contributed by atoms with van der Waals surface area (Å²) in [5.41, 5.74) is 0.544. The van der Waals surface area contributed by atoms with E-state index in [2.05, 4.69) is 5.32 Å². The van der Waals surface area contributed by atoms with Crippen LogP contribution in [0.15, 0.2) is 24.3 Å². The fraction of sp³-hybridized carbons (Fsp3) is 0.385. The molecule has 0 aromatic heterocycles. The zero-order chi connectivity index (χ0) is 13.1. The lowest BCUT2D eigenvalue weighted by Gasteiger charge is -2.30. The van der Waals surface area contributed by atoms with Gasteiger partial charge in [-0.25, -0.2) is 0 Å². The highest BCUT2D eigenvalue weighted by Crippen LogP contribution is 2.13. The lowest BCUT2D eigenvalue weighted by molar-refractivity contribution is -0.132. The van der Waals surface area contributed by atoms with Crippen molar-refractivity contribution in [3.63, 3.8) is 0 Å². The van der Waals surface area contributed by atoms with E-state index in [9.17, 15) is 9.59 Å². The van der Waals surface area contributed by atoms with Gasteiger partial charge in [0, 0.05) is 36.6 Å². The highest BCUT2D eigenvalue weighted by molar-refractivity contribution is 6.30. The number of piperidine rings is 1. The maximum absolute atomic E-state index is 12.0. The smallest absolute Gasteiger partial charge is 0.251 e. The van der Waals surface area contributed by atoms with Crippen LogP contribution in [-0.4, -0.2) is 36.3 Å². The monoisotopic (exact) mass is 266 g/mol. The van der Waals surface area contributed by atoms with Crippen LogP contribution in [0.1, 0.15) is 23.2 Å². The average molecular weight is 267 g/mol. The van der Waals surface area contributed by atoms with E-state index in [1.54, 1.807) is 36.2 Å². The molecule has 18 heavy (non-hydrogen) atoms. The Morgan fingerprint density at radius 1 is 1.50 bits per heavy atom. The molecule has 1 heterocycles. The third-order valence-corrected chi connectivity index (χ3v) is 3.28. The number of nitrogens with zero attached hydrogens (tertiary/aromatic N) is 1. The molecule has 96 valence electrons. The predicted octanol–water partition coefficient (Wildman–Crippen LogP) is 1.69. The second kappa shape index (κ2) is 5.40. The van der Waals surface area contributed by atoms with E-state index >= 15 is 0 Å². The first-order valence-electron chi connectivity index (χ1n) is 5.86. The summed E-state index contributed by atoms with van der Waals surface area (Å²) in [7, 11) is 1.75. The van der Waals surface area contributed by atoms with Gasteiger partial charge in [-0.15, -0.1) is 0 Å². The quantitative estimate of drug-likeness (QED) is 0.886. The van der Waals surface area contributed by atoms with Gasteiger partial charge in [-0.2, -0.15) is 0 Å². The Balaban J connectivity index is 1.98. The molecule has 5 heteroatoms. The zero-order valence-electron chi connectivity index (χ0n) is 10.1. The van der Waals surface area contributed by atoms with Crippen LogP contribution in [0, 0.1) is 0 Å². The van der Waals surface area contributed by atoms with E-state index in [-0.39, 0.29) is 17.9 Å². The van der Waals surface area contributed by atoms with Crippen molar-refractivity contribution in [3.8, 4) is 0 Å². The van der Waals surface area contributed by atoms with E-state index < -0.39 is 0 Å². The molecule has 1 atom stereocenters. The minimum Gasteiger partial charge on any atom is -0.348 e. The van der Waals surface area contributed by atoms with E-state index in [0.717, 1.165) is 0 Å². The van der Waals surface area contributed by atoms with Crippen LogP contribution in [0.4, 0.5) is 0 Å². The van der Waals surface area contributed by atoms with Gasteiger partial charge in [0.2, 0.25) is 5.91 Å². The van der Waals surface area contributed by atoms with Crippen LogP contribution in [0.3, 0.4) is 0 Å². The number of benzene rings is 1. The van der Waals surface area contributed by atoms with Gasteiger partial charge in [0.1, 0.15) is 0 Å². The minimum atomic E-state index is -0.148. The predicted molar refractivity (Wildman–Crippen MR) is 69.6 cm³/mol. The number of amides is 2. The lowest BCUT2D eigenvalue weighted by Crippen LogP contribution is -2.48. The van der Waals surface area contributed by atoms with Gasteiger partial charge in [-0.1, -0.05) is 17.7 Å². The third-order valence-electron chi connectivity index (χ3n) is 3.05. The second-order valence-corrected chi connectivity index (χ2v) is 4.93. The number of halogens is 1. The van der Waals surface area contributed by atoms with Gasteiger partial charge in [0.15, 0.2) is 0 Å². The average Bonchev–Trinajstić information content (AvgIpc) is 2.34. The largest absolute Gasteiger partial charge is 0.348 e. The molecule has 4 nitrogen and oxygen atoms in total. The maximum Gasteiger partial charge on any atom is 0.251 e. The Kier molecular flexibility index (Phi) is 3.87. The zero-order valence-corrected chi connectivity index (χ0v) is 10.9. The first-order chi connectivity index (χ1) is 8.56. The van der Waals surface area contributed by atoms with Gasteiger partial charge in [0.05, 0.1) is 0 Å². The standard InChI is InChI=1S/C13H15ClN2O2/c1-16-8-11(5-6-12(16)17)15-13(18)9-3-2-4-10(14)7-9/h2-4,7,11H,5-6,8H2,1H3,(H,15,18). The normalized spacial score (nSPS) is 19.8. The third kappa shape index (κ3) is 3.01. The van der Waals surface area contributed by atoms with Gasteiger partial charge < -0.3 is 10.2 Å². The number of carbonyl (C=O) groups is 2. The molecular formula is C13H15ClN2O2. The first-order valence-corrected chi connectivity index (χ1v) is 6.24. The summed E-state index contributed by atoms with van der Waals surface area (Å²) in [5.74, 6) is -0.0199. The molecule has 1 aromatic rings. The Labute approximate surface area is 111 Å². The molecule has 1 N–H and O–H groups in total. The minimum absolute atomic E-state index is 0.0131. The molecule has 0 radical (unpaired) electrons. The van der Waals surface area contributed by atoms with Crippen LogP contribution in [0.25, 0.3) is 0 Å². The van der Waals surface area contributed by atoms with Crippen LogP contribution in [0.2, 0.25) is 5.02 Å². The van der Waals surface area contributed by atoms with Crippen molar-refractivity contribution in [2.75, 3.05) is 13.6 Å². The lowest BCUT2D eigenvalue weighted by atomic mass is 10.1. The van der Waals surface area contributed by atoms with Gasteiger partial charge in [-0.05, 0) is 24.6 Å². The Morgan fingerprint density at radius 2 is 2.28 bits per heavy atom. The number of hydrogen-bond donors (Lipinski definition) is 1. The molecule has 0 bridgehead atoms. The number of hydrogen-bond acceptors (Lipinski definition) is 2. The SMILES string of the molecule is CN1CC(NC(=O)c2cccc(Cl)c2)CCC1=O. The molecule has 0 saturated carbocycles. The molecule has 1 aliphatic heterocycles. The van der Waals surface area contributed by atoms with Crippen molar-refractivity contribution in [2.45, 2.75) is 18.9 Å². The van der Waals surface area contributed by atoms with Gasteiger partial charge in [-0.3, -0.25) is 9.59 Å². The number of rotatable bonds is 2. The van der Waals surface area contributed by atoms with Gasteiger partial charge in [0.25, 0.3) is 5.91 Å². The molecule has 1 unspecified atom stereocenters. The van der Waals surface area contributed by atoms with E-state index in [1.165, 1.54) is 0 Å². The Morgan fingerprint density at radius 3 is 2.94 bits per heavy atom. The number of likely N-dealkylation sites (N-methyl/N-ethyl adjacent to an activating group) is 1. The summed E-state index contributed by atoms with van der Waals surface area (Å²) in [6.45, 7) is 0.561. The molecule has 2 amide bonds. The topological polar surface area (TPSA) is 49.4 Å². The molecule has 0 aliphatic carbocycles. The van der Waals surface area contributed by atoms with E-state index in [0.29, 0.717) is 30.0 Å². The summed E-state index contributed by atoms with van der Waals surface area (Å²) in [6, 6.07) is 6.84. The molecular weight excluding hydrogens is 252 g/mol. The fourth-order valence-electron chi connectivity index (χ4n) is 2.03. The summed E-state index contributed by atoms with van der Waals surface area (Å²) >= 11 is 5.84. The summed E-state index contributed by atoms with van der Waals surface area (Å²) in [4.78, 5) is 25.0. The van der Waals surface area contributed by atoms with E-state index in [4.69, 9.17) is 11.6 Å². The molecule has 1 aromatic carbocycles. The Hall–Kier alpha value is -1.55. The fourth-order valence-corrected chi connectivity index (χ4v) is 2.22. The highest BCUT2D eigenvalue weighted by atomic mass is 35.5. The highest BCUT2D eigenvalue weighted by Gasteiger charge is 2.24. The molecule has 1 fully saturated rings. The van der Waals surface area contributed by atoms with E-state index in [1.807, 2.05) is 0 Å². The molecule has 1 saturated heterocycles. The summed E-state index contributed by atoms with van der Waals surface area (Å²) in [5, 5.41) is 3.46. The Bertz CT molecular complexity index is 476. The molecule has 2 rings (SSSR count). The number of carbonyl (C=O) groups excluding carboxylic acids is 2. The van der Waals surface area contributed by atoms with Crippen molar-refractivity contribution in [1.29, 1.82) is 0 Å². The van der Waals surface area contributed by atoms with Crippen molar-refractivity contribution in [1.82, 2.24) is 10.2 Å². The summed E-state index contributed by atoms with van der Waals surface area (Å²) in [6.07, 6.45) is 1.17. The van der Waals surface area contributed by atoms with Crippen LogP contribution >= 0.6 is 11.6 Å². The number of likely N-dealkylation sites (tertiary alicyclic amines) is 1. The van der Waals surface area contributed by atoms with Crippen molar-refractivity contribution in [3.05, 3.63) is 34.9 Å². The van der Waals surface area contributed by atoms with Gasteiger partial charge >= 0.3 is 0 Å². The van der Waals surface area contributed by atoms with Crippen molar-refractivity contribution in [2.24, 2.45) is 0 Å². The molecule has 0 spiro atoms.